The van der Waals surface area contributed by atoms with Gasteiger partial charge in [-0.1, -0.05) is 18.5 Å². The number of carboxylic acids is 1. The number of carboxylic acid groups (broad SMARTS) is 1. The summed E-state index contributed by atoms with van der Waals surface area (Å²) in [6, 6.07) is 2.70. The Kier molecular flexibility index (Phi) is 6.54. The highest BCUT2D eigenvalue weighted by atomic mass is 35.5. The highest BCUT2D eigenvalue weighted by molar-refractivity contribution is 6.32. The van der Waals surface area contributed by atoms with Crippen molar-refractivity contribution in [1.82, 2.24) is 5.32 Å². The van der Waals surface area contributed by atoms with Crippen molar-refractivity contribution in [2.24, 2.45) is 11.7 Å². The van der Waals surface area contributed by atoms with E-state index in [1.807, 2.05) is 0 Å². The molecule has 2 amide bonds. The molecule has 1 aromatic carbocycles. The maximum atomic E-state index is 12.7. The van der Waals surface area contributed by atoms with E-state index in [4.69, 9.17) is 26.8 Å². The van der Waals surface area contributed by atoms with E-state index in [-0.39, 0.29) is 22.1 Å². The summed E-state index contributed by atoms with van der Waals surface area (Å²) in [5.74, 6) is -1.68. The van der Waals surface area contributed by atoms with Gasteiger partial charge in [0.15, 0.2) is 18.1 Å². The number of halogens is 1. The van der Waals surface area contributed by atoms with Crippen LogP contribution in [0.4, 0.5) is 0 Å². The average molecular weight is 399 g/mol. The van der Waals surface area contributed by atoms with E-state index in [9.17, 15) is 19.5 Å². The largest absolute Gasteiger partial charge is 0.493 e. The molecule has 1 aromatic rings. The molecule has 1 fully saturated rings. The van der Waals surface area contributed by atoms with Gasteiger partial charge in [0.05, 0.1) is 12.1 Å². The first kappa shape index (κ1) is 20.8. The molecule has 1 saturated carbocycles. The second-order valence-corrected chi connectivity index (χ2v) is 7.18. The lowest BCUT2D eigenvalue weighted by molar-refractivity contribution is -0.146. The van der Waals surface area contributed by atoms with E-state index in [0.29, 0.717) is 18.8 Å². The third-order valence-corrected chi connectivity index (χ3v) is 5.02. The zero-order valence-electron chi connectivity index (χ0n) is 15.2. The molecule has 0 atom stereocenters. The summed E-state index contributed by atoms with van der Waals surface area (Å²) in [5.41, 5.74) is 3.88. The molecule has 148 valence electrons. The number of methoxy groups -OCH3 is 1. The van der Waals surface area contributed by atoms with Crippen LogP contribution in [-0.2, 0) is 9.59 Å². The number of aliphatic carboxylic acids is 1. The van der Waals surface area contributed by atoms with Gasteiger partial charge < -0.3 is 25.6 Å². The molecule has 0 unspecified atom stereocenters. The smallest absolute Gasteiger partial charge is 0.329 e. The van der Waals surface area contributed by atoms with Crippen molar-refractivity contribution in [1.29, 1.82) is 0 Å². The van der Waals surface area contributed by atoms with Crippen molar-refractivity contribution in [2.75, 3.05) is 13.7 Å². The SMILES string of the molecule is COc1cc(C(=O)NC2(C(=O)O)CCC(C)CC2)cc(Cl)c1OCC(N)=O. The first-order valence-electron chi connectivity index (χ1n) is 8.53. The van der Waals surface area contributed by atoms with Gasteiger partial charge in [-0.2, -0.15) is 0 Å². The van der Waals surface area contributed by atoms with Gasteiger partial charge in [-0.05, 0) is 43.7 Å². The molecule has 4 N–H and O–H groups in total. The van der Waals surface area contributed by atoms with E-state index >= 15 is 0 Å². The number of primary amides is 1. The van der Waals surface area contributed by atoms with Crippen molar-refractivity contribution in [2.45, 2.75) is 38.1 Å². The molecule has 0 aromatic heterocycles. The Morgan fingerprint density at radius 3 is 2.48 bits per heavy atom. The fourth-order valence-corrected chi connectivity index (χ4v) is 3.34. The Morgan fingerprint density at radius 2 is 1.96 bits per heavy atom. The third-order valence-electron chi connectivity index (χ3n) is 4.74. The highest BCUT2D eigenvalue weighted by Gasteiger charge is 2.42. The van der Waals surface area contributed by atoms with Crippen LogP contribution in [0.15, 0.2) is 12.1 Å². The Labute approximate surface area is 162 Å². The van der Waals surface area contributed by atoms with Crippen molar-refractivity contribution >= 4 is 29.4 Å². The molecule has 9 heteroatoms. The van der Waals surface area contributed by atoms with E-state index in [2.05, 4.69) is 12.2 Å². The maximum absolute atomic E-state index is 12.7. The van der Waals surface area contributed by atoms with Gasteiger partial charge in [0.1, 0.15) is 5.54 Å². The van der Waals surface area contributed by atoms with Gasteiger partial charge in [0, 0.05) is 5.56 Å². The molecule has 1 aliphatic rings. The van der Waals surface area contributed by atoms with E-state index in [1.165, 1.54) is 19.2 Å². The third kappa shape index (κ3) is 4.82. The van der Waals surface area contributed by atoms with Crippen LogP contribution >= 0.6 is 11.6 Å². The number of carbonyl (C=O) groups excluding carboxylic acids is 2. The van der Waals surface area contributed by atoms with Crippen LogP contribution in [0.1, 0.15) is 43.0 Å². The van der Waals surface area contributed by atoms with Crippen LogP contribution in [0.5, 0.6) is 11.5 Å². The topological polar surface area (TPSA) is 128 Å². The minimum Gasteiger partial charge on any atom is -0.493 e. The fraction of sp³-hybridized carbons (Fsp3) is 0.500. The van der Waals surface area contributed by atoms with Crippen molar-refractivity contribution in [3.05, 3.63) is 22.7 Å². The van der Waals surface area contributed by atoms with Gasteiger partial charge in [-0.15, -0.1) is 0 Å². The van der Waals surface area contributed by atoms with E-state index in [1.54, 1.807) is 0 Å². The first-order chi connectivity index (χ1) is 12.7. The number of hydrogen-bond donors (Lipinski definition) is 3. The van der Waals surface area contributed by atoms with Crippen molar-refractivity contribution in [3.63, 3.8) is 0 Å². The van der Waals surface area contributed by atoms with Gasteiger partial charge in [0.2, 0.25) is 0 Å². The number of nitrogens with one attached hydrogen (secondary N) is 1. The number of ether oxygens (including phenoxy) is 2. The van der Waals surface area contributed by atoms with Crippen LogP contribution in [-0.4, -0.2) is 42.1 Å². The summed E-state index contributed by atoms with van der Waals surface area (Å²) >= 11 is 6.15. The molecule has 0 bridgehead atoms. The van der Waals surface area contributed by atoms with Gasteiger partial charge in [0.25, 0.3) is 11.8 Å². The first-order valence-corrected chi connectivity index (χ1v) is 8.91. The van der Waals surface area contributed by atoms with Crippen LogP contribution < -0.4 is 20.5 Å². The monoisotopic (exact) mass is 398 g/mol. The maximum Gasteiger partial charge on any atom is 0.329 e. The van der Waals surface area contributed by atoms with Crippen LogP contribution in [0, 0.1) is 5.92 Å². The summed E-state index contributed by atoms with van der Waals surface area (Å²) in [6.07, 6.45) is 2.16. The molecule has 0 heterocycles. The second kappa shape index (κ2) is 8.47. The molecule has 0 aliphatic heterocycles. The van der Waals surface area contributed by atoms with Crippen LogP contribution in [0.25, 0.3) is 0 Å². The van der Waals surface area contributed by atoms with Gasteiger partial charge in [-0.25, -0.2) is 4.79 Å². The molecule has 8 nitrogen and oxygen atoms in total. The Hall–Kier alpha value is -2.48. The summed E-state index contributed by atoms with van der Waals surface area (Å²) in [7, 11) is 1.35. The van der Waals surface area contributed by atoms with E-state index < -0.39 is 29.9 Å². The van der Waals surface area contributed by atoms with Gasteiger partial charge >= 0.3 is 5.97 Å². The standard InChI is InChI=1S/C18H23ClN2O6/c1-10-3-5-18(6-4-10,17(24)25)21-16(23)11-7-12(19)15(13(8-11)26-2)27-9-14(20)22/h7-8,10H,3-6,9H2,1-2H3,(H2,20,22)(H,21,23)(H,24,25). The summed E-state index contributed by atoms with van der Waals surface area (Å²) in [5, 5.41) is 12.4. The number of nitrogens with two attached hydrogens (primary N) is 1. The molecular weight excluding hydrogens is 376 g/mol. The number of rotatable bonds is 7. The lowest BCUT2D eigenvalue weighted by Gasteiger charge is -2.36. The summed E-state index contributed by atoms with van der Waals surface area (Å²) in [6.45, 7) is 1.66. The lowest BCUT2D eigenvalue weighted by atomic mass is 9.77. The average Bonchev–Trinajstić information content (AvgIpc) is 2.61. The minimum atomic E-state index is -1.30. The van der Waals surface area contributed by atoms with Crippen LogP contribution in [0.3, 0.4) is 0 Å². The Bertz CT molecular complexity index is 744. The van der Waals surface area contributed by atoms with Crippen molar-refractivity contribution < 1.29 is 29.0 Å². The highest BCUT2D eigenvalue weighted by Crippen LogP contribution is 2.37. The number of carbonyl (C=O) groups is 3. The molecular formula is C18H23ClN2O6. The number of hydrogen-bond acceptors (Lipinski definition) is 5. The normalized spacial score (nSPS) is 22.0. The predicted molar refractivity (Wildman–Crippen MR) is 98.2 cm³/mol. The Morgan fingerprint density at radius 1 is 1.33 bits per heavy atom. The summed E-state index contributed by atoms with van der Waals surface area (Å²) in [4.78, 5) is 35.4. The molecule has 27 heavy (non-hydrogen) atoms. The molecule has 0 saturated heterocycles. The van der Waals surface area contributed by atoms with Crippen molar-refractivity contribution in [3.8, 4) is 11.5 Å². The summed E-state index contributed by atoms with van der Waals surface area (Å²) < 4.78 is 10.4. The molecule has 1 aliphatic carbocycles. The Balaban J connectivity index is 2.26. The van der Waals surface area contributed by atoms with Gasteiger partial charge in [-0.3, -0.25) is 9.59 Å². The fourth-order valence-electron chi connectivity index (χ4n) is 3.07. The molecule has 0 radical (unpaired) electrons. The van der Waals surface area contributed by atoms with E-state index in [0.717, 1.165) is 12.8 Å². The quantitative estimate of drug-likeness (QED) is 0.644. The second-order valence-electron chi connectivity index (χ2n) is 6.77. The number of benzene rings is 1. The zero-order valence-corrected chi connectivity index (χ0v) is 16.0. The minimum absolute atomic E-state index is 0.0439. The molecule has 2 rings (SSSR count). The predicted octanol–water partition coefficient (Wildman–Crippen LogP) is 1.98. The number of amides is 2. The lowest BCUT2D eigenvalue weighted by Crippen LogP contribution is -2.56. The molecule has 0 spiro atoms. The zero-order chi connectivity index (χ0) is 20.2. The van der Waals surface area contributed by atoms with Crippen LogP contribution in [0.2, 0.25) is 5.02 Å².